The SMILES string of the molecule is CCCOc1c(I)cc(/C=C2\SC(=O)N(CC)C2=O)cc1OC. The Hall–Kier alpha value is -1.22. The summed E-state index contributed by atoms with van der Waals surface area (Å²) < 4.78 is 12.0. The number of methoxy groups -OCH3 is 1. The molecule has 124 valence electrons. The molecule has 0 atom stereocenters. The van der Waals surface area contributed by atoms with Gasteiger partial charge in [0.05, 0.1) is 22.2 Å². The number of carbonyl (C=O) groups is 2. The van der Waals surface area contributed by atoms with Gasteiger partial charge in [0, 0.05) is 6.54 Å². The summed E-state index contributed by atoms with van der Waals surface area (Å²) in [5.74, 6) is 1.07. The molecule has 5 nitrogen and oxygen atoms in total. The number of imide groups is 1. The van der Waals surface area contributed by atoms with Gasteiger partial charge in [0.15, 0.2) is 11.5 Å². The Morgan fingerprint density at radius 2 is 2.04 bits per heavy atom. The fraction of sp³-hybridized carbons (Fsp3) is 0.375. The van der Waals surface area contributed by atoms with E-state index in [1.54, 1.807) is 20.1 Å². The van der Waals surface area contributed by atoms with Gasteiger partial charge in [-0.1, -0.05) is 6.92 Å². The molecule has 0 aromatic heterocycles. The number of nitrogens with zero attached hydrogens (tertiary/aromatic N) is 1. The summed E-state index contributed by atoms with van der Waals surface area (Å²) in [4.78, 5) is 25.6. The molecule has 0 saturated carbocycles. The molecule has 0 radical (unpaired) electrons. The van der Waals surface area contributed by atoms with E-state index in [2.05, 4.69) is 22.6 Å². The van der Waals surface area contributed by atoms with E-state index in [1.807, 2.05) is 19.1 Å². The maximum atomic E-state index is 12.2. The molecule has 0 unspecified atom stereocenters. The highest BCUT2D eigenvalue weighted by Crippen LogP contribution is 2.37. The molecule has 7 heteroatoms. The van der Waals surface area contributed by atoms with Crippen molar-refractivity contribution in [1.82, 2.24) is 4.90 Å². The summed E-state index contributed by atoms with van der Waals surface area (Å²) in [5, 5.41) is -0.228. The third kappa shape index (κ3) is 4.00. The Morgan fingerprint density at radius 1 is 1.30 bits per heavy atom. The summed E-state index contributed by atoms with van der Waals surface area (Å²) in [6.45, 7) is 4.82. The Morgan fingerprint density at radius 3 is 2.61 bits per heavy atom. The lowest BCUT2D eigenvalue weighted by Gasteiger charge is -2.13. The second kappa shape index (κ2) is 8.05. The van der Waals surface area contributed by atoms with Gasteiger partial charge in [0.1, 0.15) is 0 Å². The molecule has 1 saturated heterocycles. The van der Waals surface area contributed by atoms with Gasteiger partial charge in [-0.15, -0.1) is 0 Å². The normalized spacial score (nSPS) is 16.3. The number of hydrogen-bond acceptors (Lipinski definition) is 5. The van der Waals surface area contributed by atoms with Gasteiger partial charge in [-0.2, -0.15) is 0 Å². The highest BCUT2D eigenvalue weighted by atomic mass is 127. The Labute approximate surface area is 153 Å². The van der Waals surface area contributed by atoms with Crippen molar-refractivity contribution >= 4 is 51.6 Å². The zero-order valence-corrected chi connectivity index (χ0v) is 16.2. The van der Waals surface area contributed by atoms with Gasteiger partial charge in [-0.25, -0.2) is 0 Å². The van der Waals surface area contributed by atoms with Crippen LogP contribution in [0.3, 0.4) is 0 Å². The number of hydrogen-bond donors (Lipinski definition) is 0. The Balaban J connectivity index is 2.34. The number of rotatable bonds is 6. The highest BCUT2D eigenvalue weighted by Gasteiger charge is 2.33. The molecule has 1 aromatic rings. The third-order valence-electron chi connectivity index (χ3n) is 3.19. The van der Waals surface area contributed by atoms with Crippen molar-refractivity contribution in [3.8, 4) is 11.5 Å². The first-order valence-electron chi connectivity index (χ1n) is 7.27. The topological polar surface area (TPSA) is 55.8 Å². The van der Waals surface area contributed by atoms with E-state index in [0.717, 1.165) is 27.3 Å². The number of carbonyl (C=O) groups excluding carboxylic acids is 2. The fourth-order valence-electron chi connectivity index (χ4n) is 2.09. The fourth-order valence-corrected chi connectivity index (χ4v) is 3.78. The predicted molar refractivity (Wildman–Crippen MR) is 99.8 cm³/mol. The lowest BCUT2D eigenvalue weighted by atomic mass is 10.2. The van der Waals surface area contributed by atoms with E-state index < -0.39 is 0 Å². The summed E-state index contributed by atoms with van der Waals surface area (Å²) in [5.41, 5.74) is 0.803. The second-order valence-corrected chi connectivity index (χ2v) is 6.96. The lowest BCUT2D eigenvalue weighted by Crippen LogP contribution is -2.27. The number of thioether (sulfide) groups is 1. The zero-order chi connectivity index (χ0) is 17.0. The first-order valence-corrected chi connectivity index (χ1v) is 9.17. The molecule has 1 aromatic carbocycles. The molecular formula is C16H18INO4S. The number of likely N-dealkylation sites (N-methyl/N-ethyl adjacent to an activating group) is 1. The number of ether oxygens (including phenoxy) is 2. The van der Waals surface area contributed by atoms with Crippen LogP contribution in [0, 0.1) is 3.57 Å². The monoisotopic (exact) mass is 447 g/mol. The number of halogens is 1. The quantitative estimate of drug-likeness (QED) is 0.485. The summed E-state index contributed by atoms with van der Waals surface area (Å²) >= 11 is 3.14. The van der Waals surface area contributed by atoms with Crippen molar-refractivity contribution in [2.45, 2.75) is 20.3 Å². The molecule has 0 N–H and O–H groups in total. The van der Waals surface area contributed by atoms with Crippen molar-refractivity contribution in [1.29, 1.82) is 0 Å². The average molecular weight is 447 g/mol. The minimum absolute atomic E-state index is 0.228. The summed E-state index contributed by atoms with van der Waals surface area (Å²) in [6.07, 6.45) is 2.62. The molecule has 2 rings (SSSR count). The van der Waals surface area contributed by atoms with Crippen LogP contribution in [-0.4, -0.2) is 36.3 Å². The van der Waals surface area contributed by atoms with Gasteiger partial charge >= 0.3 is 0 Å². The standard InChI is InChI=1S/C16H18INO4S/c1-4-6-22-14-11(17)7-10(8-12(14)21-3)9-13-15(19)18(5-2)16(20)23-13/h7-9H,4-6H2,1-3H3/b13-9-. The van der Waals surface area contributed by atoms with E-state index in [0.29, 0.717) is 29.6 Å². The van der Waals surface area contributed by atoms with Crippen molar-refractivity contribution in [2.75, 3.05) is 20.3 Å². The van der Waals surface area contributed by atoms with Crippen LogP contribution in [0.25, 0.3) is 6.08 Å². The van der Waals surface area contributed by atoms with Gasteiger partial charge in [-0.05, 0) is 71.5 Å². The third-order valence-corrected chi connectivity index (χ3v) is 4.90. The van der Waals surface area contributed by atoms with Gasteiger partial charge in [0.25, 0.3) is 11.1 Å². The first-order chi connectivity index (χ1) is 11.0. The van der Waals surface area contributed by atoms with Crippen LogP contribution in [-0.2, 0) is 4.79 Å². The van der Waals surface area contributed by atoms with Crippen LogP contribution < -0.4 is 9.47 Å². The Bertz CT molecular complexity index is 660. The summed E-state index contributed by atoms with van der Waals surface area (Å²) in [6, 6.07) is 3.72. The van der Waals surface area contributed by atoms with Crippen molar-refractivity contribution in [3.05, 3.63) is 26.2 Å². The second-order valence-electron chi connectivity index (χ2n) is 4.81. The molecule has 1 aliphatic rings. The van der Waals surface area contributed by atoms with Crippen molar-refractivity contribution in [2.24, 2.45) is 0 Å². The molecule has 2 amide bonds. The molecule has 0 bridgehead atoms. The predicted octanol–water partition coefficient (Wildman–Crippen LogP) is 4.14. The number of benzene rings is 1. The largest absolute Gasteiger partial charge is 0.493 e. The van der Waals surface area contributed by atoms with Crippen molar-refractivity contribution in [3.63, 3.8) is 0 Å². The molecular weight excluding hydrogens is 429 g/mol. The zero-order valence-electron chi connectivity index (χ0n) is 13.2. The average Bonchev–Trinajstić information content (AvgIpc) is 2.79. The van der Waals surface area contributed by atoms with E-state index in [4.69, 9.17) is 9.47 Å². The minimum Gasteiger partial charge on any atom is -0.493 e. The molecule has 1 heterocycles. The first kappa shape index (κ1) is 18.1. The summed E-state index contributed by atoms with van der Waals surface area (Å²) in [7, 11) is 1.58. The molecule has 1 fully saturated rings. The smallest absolute Gasteiger partial charge is 0.293 e. The molecule has 1 aliphatic heterocycles. The van der Waals surface area contributed by atoms with E-state index in [1.165, 1.54) is 4.90 Å². The van der Waals surface area contributed by atoms with Crippen LogP contribution in [0.4, 0.5) is 4.79 Å². The molecule has 0 aliphatic carbocycles. The van der Waals surface area contributed by atoms with Gasteiger partial charge < -0.3 is 9.47 Å². The van der Waals surface area contributed by atoms with Crippen LogP contribution in [0.2, 0.25) is 0 Å². The van der Waals surface area contributed by atoms with E-state index in [9.17, 15) is 9.59 Å². The Kier molecular flexibility index (Phi) is 6.34. The van der Waals surface area contributed by atoms with Crippen LogP contribution in [0.1, 0.15) is 25.8 Å². The highest BCUT2D eigenvalue weighted by molar-refractivity contribution is 14.1. The van der Waals surface area contributed by atoms with Crippen LogP contribution in [0.5, 0.6) is 11.5 Å². The minimum atomic E-state index is -0.247. The van der Waals surface area contributed by atoms with Crippen LogP contribution >= 0.6 is 34.4 Å². The molecule has 23 heavy (non-hydrogen) atoms. The number of amides is 2. The van der Waals surface area contributed by atoms with Crippen LogP contribution in [0.15, 0.2) is 17.0 Å². The molecule has 0 spiro atoms. The maximum absolute atomic E-state index is 12.2. The van der Waals surface area contributed by atoms with Crippen molar-refractivity contribution < 1.29 is 19.1 Å². The maximum Gasteiger partial charge on any atom is 0.293 e. The van der Waals surface area contributed by atoms with Gasteiger partial charge in [0.2, 0.25) is 0 Å². The lowest BCUT2D eigenvalue weighted by molar-refractivity contribution is -0.122. The van der Waals surface area contributed by atoms with E-state index in [-0.39, 0.29) is 11.1 Å². The van der Waals surface area contributed by atoms with E-state index >= 15 is 0 Å². The van der Waals surface area contributed by atoms with Gasteiger partial charge in [-0.3, -0.25) is 14.5 Å².